The zero-order chi connectivity index (χ0) is 20.0. The third kappa shape index (κ3) is 3.50. The van der Waals surface area contributed by atoms with Crippen molar-refractivity contribution in [3.8, 4) is 0 Å². The van der Waals surface area contributed by atoms with Crippen LogP contribution in [0.15, 0.2) is 30.3 Å². The largest absolute Gasteiger partial charge is 0.373 e. The Morgan fingerprint density at radius 3 is 2.62 bits per heavy atom. The van der Waals surface area contributed by atoms with Gasteiger partial charge in [0.05, 0.1) is 12.7 Å². The maximum absolute atomic E-state index is 13.0. The van der Waals surface area contributed by atoms with Crippen LogP contribution in [0, 0.1) is 40.9 Å². The Morgan fingerprint density at radius 2 is 1.79 bits per heavy atom. The second-order valence-electron chi connectivity index (χ2n) is 11.0. The molecule has 2 heteroatoms. The first-order valence-corrected chi connectivity index (χ1v) is 12.2. The van der Waals surface area contributed by atoms with Crippen molar-refractivity contribution in [1.82, 2.24) is 0 Å². The molecule has 0 bridgehead atoms. The highest BCUT2D eigenvalue weighted by Crippen LogP contribution is 2.62. The molecular formula is C27H38O2. The number of ketones is 1. The van der Waals surface area contributed by atoms with Crippen LogP contribution in [0.25, 0.3) is 0 Å². The molecule has 1 aromatic rings. The fourth-order valence-corrected chi connectivity index (χ4v) is 8.04. The van der Waals surface area contributed by atoms with Crippen molar-refractivity contribution in [2.24, 2.45) is 40.9 Å². The van der Waals surface area contributed by atoms with Gasteiger partial charge >= 0.3 is 0 Å². The van der Waals surface area contributed by atoms with Crippen molar-refractivity contribution in [3.05, 3.63) is 35.9 Å². The minimum atomic E-state index is 0.306. The van der Waals surface area contributed by atoms with Crippen LogP contribution < -0.4 is 0 Å². The van der Waals surface area contributed by atoms with E-state index in [9.17, 15) is 4.79 Å². The van der Waals surface area contributed by atoms with Gasteiger partial charge in [0.1, 0.15) is 5.78 Å². The van der Waals surface area contributed by atoms with Crippen LogP contribution in [-0.2, 0) is 16.1 Å². The summed E-state index contributed by atoms with van der Waals surface area (Å²) >= 11 is 0. The molecule has 158 valence electrons. The predicted molar refractivity (Wildman–Crippen MR) is 116 cm³/mol. The minimum absolute atomic E-state index is 0.306. The van der Waals surface area contributed by atoms with Crippen LogP contribution in [0.1, 0.15) is 77.2 Å². The molecule has 0 amide bonds. The molecule has 4 saturated carbocycles. The standard InChI is InChI=1S/C27H38O2/c1-18-8-9-20-21-14-15-27(2)24(22(21)10-12-25(28)23(20)16-18)11-13-26(27)29-17-19-6-4-3-5-7-19/h3-7,18,20-24,26H,8-17H2,1-2H3/t18-,20+,21+,22+,23-,24-,26-,27-/m0/s1. The maximum Gasteiger partial charge on any atom is 0.136 e. The highest BCUT2D eigenvalue weighted by atomic mass is 16.5. The van der Waals surface area contributed by atoms with Crippen LogP contribution in [0.4, 0.5) is 0 Å². The van der Waals surface area contributed by atoms with Crippen molar-refractivity contribution in [3.63, 3.8) is 0 Å². The van der Waals surface area contributed by atoms with Gasteiger partial charge in [0.25, 0.3) is 0 Å². The molecule has 0 unspecified atom stereocenters. The molecule has 4 fully saturated rings. The summed E-state index contributed by atoms with van der Waals surface area (Å²) in [6, 6.07) is 10.6. The molecule has 8 atom stereocenters. The first kappa shape index (κ1) is 19.8. The van der Waals surface area contributed by atoms with Gasteiger partial charge in [-0.1, -0.05) is 50.6 Å². The maximum atomic E-state index is 13.0. The fraction of sp³-hybridized carbons (Fsp3) is 0.741. The lowest BCUT2D eigenvalue weighted by molar-refractivity contribution is -0.126. The molecule has 4 aliphatic carbocycles. The van der Waals surface area contributed by atoms with Crippen LogP contribution in [-0.4, -0.2) is 11.9 Å². The van der Waals surface area contributed by atoms with Gasteiger partial charge < -0.3 is 4.74 Å². The zero-order valence-electron chi connectivity index (χ0n) is 18.3. The van der Waals surface area contributed by atoms with Gasteiger partial charge in [-0.3, -0.25) is 4.79 Å². The normalized spacial score (nSPS) is 44.5. The highest BCUT2D eigenvalue weighted by molar-refractivity contribution is 5.81. The highest BCUT2D eigenvalue weighted by Gasteiger charge is 2.57. The number of benzene rings is 1. The quantitative estimate of drug-likeness (QED) is 0.590. The Balaban J connectivity index is 1.33. The topological polar surface area (TPSA) is 26.3 Å². The van der Waals surface area contributed by atoms with Gasteiger partial charge in [-0.05, 0) is 85.5 Å². The van der Waals surface area contributed by atoms with Crippen molar-refractivity contribution in [2.75, 3.05) is 0 Å². The number of fused-ring (bicyclic) bond motifs is 5. The van der Waals surface area contributed by atoms with Crippen molar-refractivity contribution < 1.29 is 9.53 Å². The molecule has 0 aliphatic heterocycles. The van der Waals surface area contributed by atoms with E-state index in [0.717, 1.165) is 49.5 Å². The molecule has 0 radical (unpaired) electrons. The first-order chi connectivity index (χ1) is 14.1. The van der Waals surface area contributed by atoms with Gasteiger partial charge in [0, 0.05) is 12.3 Å². The van der Waals surface area contributed by atoms with Crippen LogP contribution >= 0.6 is 0 Å². The van der Waals surface area contributed by atoms with E-state index in [0.29, 0.717) is 29.1 Å². The van der Waals surface area contributed by atoms with Crippen molar-refractivity contribution >= 4 is 5.78 Å². The smallest absolute Gasteiger partial charge is 0.136 e. The second kappa shape index (κ2) is 7.84. The summed E-state index contributed by atoms with van der Waals surface area (Å²) in [5.41, 5.74) is 1.59. The Morgan fingerprint density at radius 1 is 0.966 bits per heavy atom. The Kier molecular flexibility index (Phi) is 5.35. The number of hydrogen-bond donors (Lipinski definition) is 0. The Bertz CT molecular complexity index is 727. The molecule has 5 rings (SSSR count). The number of Topliss-reactive ketones (excluding diaryl/α,β-unsaturated/α-hetero) is 1. The summed E-state index contributed by atoms with van der Waals surface area (Å²) in [4.78, 5) is 13.0. The van der Waals surface area contributed by atoms with E-state index >= 15 is 0 Å². The molecule has 0 heterocycles. The lowest BCUT2D eigenvalue weighted by Gasteiger charge is -2.51. The van der Waals surface area contributed by atoms with Crippen molar-refractivity contribution in [1.29, 1.82) is 0 Å². The molecule has 0 N–H and O–H groups in total. The zero-order valence-corrected chi connectivity index (χ0v) is 18.3. The number of ether oxygens (including phenoxy) is 1. The molecule has 1 aromatic carbocycles. The number of carbonyl (C=O) groups is 1. The summed E-state index contributed by atoms with van der Waals surface area (Å²) < 4.78 is 6.55. The van der Waals surface area contributed by atoms with Crippen LogP contribution in [0.2, 0.25) is 0 Å². The van der Waals surface area contributed by atoms with E-state index < -0.39 is 0 Å². The van der Waals surface area contributed by atoms with Gasteiger partial charge in [0.15, 0.2) is 0 Å². The lowest BCUT2D eigenvalue weighted by atomic mass is 9.54. The monoisotopic (exact) mass is 394 g/mol. The van der Waals surface area contributed by atoms with Gasteiger partial charge in [0.2, 0.25) is 0 Å². The van der Waals surface area contributed by atoms with Gasteiger partial charge in [-0.2, -0.15) is 0 Å². The first-order valence-electron chi connectivity index (χ1n) is 12.2. The number of carbonyl (C=O) groups excluding carboxylic acids is 1. The summed E-state index contributed by atoms with van der Waals surface area (Å²) in [6.45, 7) is 5.61. The summed E-state index contributed by atoms with van der Waals surface area (Å²) in [5, 5.41) is 0. The lowest BCUT2D eigenvalue weighted by Crippen LogP contribution is -2.46. The SMILES string of the molecule is C[C@H]1CC[C@@H]2[C@H]3CC[C@]4(C)[C@@H](OCc5ccccc5)CC[C@H]4[C@@H]3CCC(=O)[C@H]2C1. The molecule has 29 heavy (non-hydrogen) atoms. The fourth-order valence-electron chi connectivity index (χ4n) is 8.04. The molecule has 0 aromatic heterocycles. The molecular weight excluding hydrogens is 356 g/mol. The number of hydrogen-bond acceptors (Lipinski definition) is 2. The Labute approximate surface area is 176 Å². The third-order valence-corrected chi connectivity index (χ3v) is 9.55. The molecule has 4 aliphatic rings. The summed E-state index contributed by atoms with van der Waals surface area (Å²) in [7, 11) is 0. The second-order valence-corrected chi connectivity index (χ2v) is 11.0. The van der Waals surface area contributed by atoms with E-state index in [1.165, 1.54) is 44.1 Å². The minimum Gasteiger partial charge on any atom is -0.373 e. The predicted octanol–water partition coefficient (Wildman–Crippen LogP) is 6.43. The van der Waals surface area contributed by atoms with E-state index in [-0.39, 0.29) is 0 Å². The van der Waals surface area contributed by atoms with E-state index in [4.69, 9.17) is 4.74 Å². The van der Waals surface area contributed by atoms with E-state index in [1.54, 1.807) is 0 Å². The molecule has 0 saturated heterocycles. The van der Waals surface area contributed by atoms with Crippen molar-refractivity contribution in [2.45, 2.75) is 84.3 Å². The number of rotatable bonds is 3. The average Bonchev–Trinajstić information content (AvgIpc) is 3.00. The average molecular weight is 395 g/mol. The third-order valence-electron chi connectivity index (χ3n) is 9.55. The van der Waals surface area contributed by atoms with Crippen LogP contribution in [0.3, 0.4) is 0 Å². The summed E-state index contributed by atoms with van der Waals surface area (Å²) in [5.74, 6) is 4.72. The van der Waals surface area contributed by atoms with Crippen LogP contribution in [0.5, 0.6) is 0 Å². The summed E-state index contributed by atoms with van der Waals surface area (Å²) in [6.07, 6.45) is 11.3. The van der Waals surface area contributed by atoms with Gasteiger partial charge in [-0.25, -0.2) is 0 Å². The molecule has 0 spiro atoms. The van der Waals surface area contributed by atoms with E-state index in [2.05, 4.69) is 44.2 Å². The molecule has 2 nitrogen and oxygen atoms in total. The van der Waals surface area contributed by atoms with E-state index in [1.807, 2.05) is 0 Å². The Hall–Kier alpha value is -1.15. The van der Waals surface area contributed by atoms with Gasteiger partial charge in [-0.15, -0.1) is 0 Å².